The van der Waals surface area contributed by atoms with Crippen molar-refractivity contribution < 1.29 is 20.1 Å². The van der Waals surface area contributed by atoms with Gasteiger partial charge in [0.15, 0.2) is 6.23 Å². The Balaban J connectivity index is 1.98. The smallest absolute Gasteiger partial charge is 0.351 e. The van der Waals surface area contributed by atoms with Gasteiger partial charge in [-0.05, 0) is 12.5 Å². The number of aliphatic hydroxyl groups excluding tert-OH is 3. The summed E-state index contributed by atoms with van der Waals surface area (Å²) >= 11 is 0. The fourth-order valence-electron chi connectivity index (χ4n) is 2.58. The van der Waals surface area contributed by atoms with E-state index in [0.29, 0.717) is 5.82 Å². The standard InChI is InChI=1S/C15H25N3O5/c1-2-3-4-5-7-16-11-6-8-18(15(22)17-11)14-13(21)12(20)10(9-19)23-14/h6,8,10,12-14,19-21H,2-5,7,9H2,1H3,(H,16,17,22)/t10-,12?,13?,14-/m1/s1. The molecular weight excluding hydrogens is 302 g/mol. The zero-order chi connectivity index (χ0) is 16.8. The molecular formula is C15H25N3O5. The zero-order valence-corrected chi connectivity index (χ0v) is 13.3. The van der Waals surface area contributed by atoms with E-state index in [2.05, 4.69) is 17.2 Å². The number of aromatic nitrogens is 2. The Bertz CT molecular complexity index is 550. The number of hydrogen-bond donors (Lipinski definition) is 4. The van der Waals surface area contributed by atoms with Gasteiger partial charge in [0.1, 0.15) is 24.1 Å². The Morgan fingerprint density at radius 1 is 1.30 bits per heavy atom. The van der Waals surface area contributed by atoms with E-state index in [1.165, 1.54) is 19.0 Å². The van der Waals surface area contributed by atoms with Gasteiger partial charge in [-0.3, -0.25) is 4.57 Å². The van der Waals surface area contributed by atoms with Crippen LogP contribution in [0.4, 0.5) is 5.82 Å². The lowest BCUT2D eigenvalue weighted by molar-refractivity contribution is -0.0549. The Hall–Kier alpha value is -1.48. The minimum atomic E-state index is -1.29. The van der Waals surface area contributed by atoms with Crippen LogP contribution in [0.25, 0.3) is 0 Å². The lowest BCUT2D eigenvalue weighted by atomic mass is 10.1. The maximum Gasteiger partial charge on any atom is 0.351 e. The van der Waals surface area contributed by atoms with Crippen molar-refractivity contribution in [2.24, 2.45) is 0 Å². The third-order valence-electron chi connectivity index (χ3n) is 3.96. The van der Waals surface area contributed by atoms with E-state index in [1.807, 2.05) is 0 Å². The Morgan fingerprint density at radius 2 is 2.09 bits per heavy atom. The lowest BCUT2D eigenvalue weighted by Crippen LogP contribution is -2.36. The molecule has 8 nitrogen and oxygen atoms in total. The number of anilines is 1. The molecule has 1 aromatic rings. The largest absolute Gasteiger partial charge is 0.394 e. The van der Waals surface area contributed by atoms with Crippen molar-refractivity contribution in [3.63, 3.8) is 0 Å². The molecule has 0 saturated carbocycles. The highest BCUT2D eigenvalue weighted by molar-refractivity contribution is 5.31. The molecule has 0 aromatic carbocycles. The second kappa shape index (κ2) is 8.39. The van der Waals surface area contributed by atoms with Gasteiger partial charge in [-0.2, -0.15) is 4.98 Å². The van der Waals surface area contributed by atoms with E-state index in [9.17, 15) is 15.0 Å². The van der Waals surface area contributed by atoms with E-state index in [-0.39, 0.29) is 0 Å². The topological polar surface area (TPSA) is 117 Å². The van der Waals surface area contributed by atoms with Gasteiger partial charge in [0.05, 0.1) is 6.61 Å². The van der Waals surface area contributed by atoms with Crippen molar-refractivity contribution in [1.29, 1.82) is 0 Å². The average Bonchev–Trinajstić information content (AvgIpc) is 2.83. The first-order valence-electron chi connectivity index (χ1n) is 8.04. The summed E-state index contributed by atoms with van der Waals surface area (Å²) in [5.74, 6) is 0.467. The van der Waals surface area contributed by atoms with Crippen LogP contribution < -0.4 is 11.0 Å². The molecule has 1 fully saturated rings. The van der Waals surface area contributed by atoms with Gasteiger partial charge in [0.2, 0.25) is 0 Å². The van der Waals surface area contributed by atoms with Crippen molar-refractivity contribution in [2.45, 2.75) is 57.1 Å². The van der Waals surface area contributed by atoms with Crippen LogP contribution in [0.3, 0.4) is 0 Å². The molecule has 130 valence electrons. The highest BCUT2D eigenvalue weighted by Crippen LogP contribution is 2.28. The fourth-order valence-corrected chi connectivity index (χ4v) is 2.58. The molecule has 2 rings (SSSR count). The fraction of sp³-hybridized carbons (Fsp3) is 0.733. The summed E-state index contributed by atoms with van der Waals surface area (Å²) in [5, 5.41) is 31.8. The minimum Gasteiger partial charge on any atom is -0.394 e. The number of nitrogens with one attached hydrogen (secondary N) is 1. The van der Waals surface area contributed by atoms with Crippen LogP contribution >= 0.6 is 0 Å². The summed E-state index contributed by atoms with van der Waals surface area (Å²) in [4.78, 5) is 16.0. The van der Waals surface area contributed by atoms with Crippen molar-refractivity contribution >= 4 is 5.82 Å². The van der Waals surface area contributed by atoms with Gasteiger partial charge < -0.3 is 25.4 Å². The lowest BCUT2D eigenvalue weighted by Gasteiger charge is -2.17. The summed E-state index contributed by atoms with van der Waals surface area (Å²) in [6, 6.07) is 1.62. The number of hydrogen-bond acceptors (Lipinski definition) is 7. The number of aliphatic hydroxyl groups is 3. The van der Waals surface area contributed by atoms with Crippen LogP contribution in [0.15, 0.2) is 17.1 Å². The molecule has 0 amide bonds. The zero-order valence-electron chi connectivity index (χ0n) is 13.3. The van der Waals surface area contributed by atoms with E-state index >= 15 is 0 Å². The Kier molecular flexibility index (Phi) is 6.52. The molecule has 1 saturated heterocycles. The van der Waals surface area contributed by atoms with Gasteiger partial charge in [-0.15, -0.1) is 0 Å². The third kappa shape index (κ3) is 4.29. The van der Waals surface area contributed by atoms with Crippen LogP contribution in [0, 0.1) is 0 Å². The van der Waals surface area contributed by atoms with Crippen LogP contribution in [0.1, 0.15) is 38.8 Å². The molecule has 0 radical (unpaired) electrons. The molecule has 0 aliphatic carbocycles. The molecule has 1 aliphatic rings. The second-order valence-corrected chi connectivity index (χ2v) is 5.72. The van der Waals surface area contributed by atoms with Crippen LogP contribution in [-0.4, -0.2) is 56.3 Å². The van der Waals surface area contributed by atoms with Crippen molar-refractivity contribution in [1.82, 2.24) is 9.55 Å². The quantitative estimate of drug-likeness (QED) is 0.490. The number of ether oxygens (including phenoxy) is 1. The Morgan fingerprint density at radius 3 is 2.70 bits per heavy atom. The summed E-state index contributed by atoms with van der Waals surface area (Å²) in [6.07, 6.45) is 1.44. The van der Waals surface area contributed by atoms with Crippen molar-refractivity contribution in [2.75, 3.05) is 18.5 Å². The van der Waals surface area contributed by atoms with E-state index in [1.54, 1.807) is 6.07 Å². The minimum absolute atomic E-state index is 0.436. The maximum absolute atomic E-state index is 12.1. The maximum atomic E-state index is 12.1. The van der Waals surface area contributed by atoms with Crippen LogP contribution in [0.5, 0.6) is 0 Å². The first-order chi connectivity index (χ1) is 11.1. The third-order valence-corrected chi connectivity index (χ3v) is 3.96. The first kappa shape index (κ1) is 17.9. The first-order valence-corrected chi connectivity index (χ1v) is 8.04. The predicted molar refractivity (Wildman–Crippen MR) is 84.1 cm³/mol. The molecule has 1 aromatic heterocycles. The molecule has 0 bridgehead atoms. The molecule has 2 heterocycles. The van der Waals surface area contributed by atoms with Gasteiger partial charge in [-0.1, -0.05) is 26.2 Å². The molecule has 8 heteroatoms. The summed E-state index contributed by atoms with van der Waals surface area (Å²) in [6.45, 7) is 2.45. The molecule has 4 atom stereocenters. The molecule has 1 aliphatic heterocycles. The normalized spacial score (nSPS) is 27.3. The van der Waals surface area contributed by atoms with Crippen molar-refractivity contribution in [3.05, 3.63) is 22.7 Å². The summed E-state index contributed by atoms with van der Waals surface area (Å²) < 4.78 is 6.44. The number of nitrogens with zero attached hydrogens (tertiary/aromatic N) is 2. The Labute approximate surface area is 134 Å². The van der Waals surface area contributed by atoms with E-state index in [4.69, 9.17) is 9.84 Å². The summed E-state index contributed by atoms with van der Waals surface area (Å²) in [7, 11) is 0. The van der Waals surface area contributed by atoms with Crippen molar-refractivity contribution in [3.8, 4) is 0 Å². The van der Waals surface area contributed by atoms with E-state index in [0.717, 1.165) is 24.0 Å². The number of rotatable bonds is 8. The van der Waals surface area contributed by atoms with Gasteiger partial charge >= 0.3 is 5.69 Å². The summed E-state index contributed by atoms with van der Waals surface area (Å²) in [5.41, 5.74) is -0.585. The van der Waals surface area contributed by atoms with Gasteiger partial charge in [-0.25, -0.2) is 4.79 Å². The predicted octanol–water partition coefficient (Wildman–Crippen LogP) is -0.153. The number of unbranched alkanes of at least 4 members (excludes halogenated alkanes) is 3. The highest BCUT2D eigenvalue weighted by atomic mass is 16.6. The van der Waals surface area contributed by atoms with Gasteiger partial charge in [0, 0.05) is 12.7 Å². The van der Waals surface area contributed by atoms with Crippen LogP contribution in [0.2, 0.25) is 0 Å². The molecule has 2 unspecified atom stereocenters. The highest BCUT2D eigenvalue weighted by Gasteiger charge is 2.43. The molecule has 4 N–H and O–H groups in total. The monoisotopic (exact) mass is 327 g/mol. The van der Waals surface area contributed by atoms with Crippen LogP contribution in [-0.2, 0) is 4.74 Å². The second-order valence-electron chi connectivity index (χ2n) is 5.72. The van der Waals surface area contributed by atoms with E-state index < -0.39 is 36.8 Å². The average molecular weight is 327 g/mol. The SMILES string of the molecule is CCCCCCNc1ccn([C@@H]2O[C@H](CO)C(O)C2O)c(=O)n1. The van der Waals surface area contributed by atoms with Gasteiger partial charge in [0.25, 0.3) is 0 Å². The molecule has 23 heavy (non-hydrogen) atoms. The molecule has 0 spiro atoms.